The minimum atomic E-state index is -1.28. The van der Waals surface area contributed by atoms with Gasteiger partial charge in [-0.05, 0) is 81.8 Å². The third kappa shape index (κ3) is 7.93. The summed E-state index contributed by atoms with van der Waals surface area (Å²) in [6.07, 6.45) is 0.826. The molecule has 1 aromatic heterocycles. The molecule has 1 heterocycles. The maximum Gasteiger partial charge on any atom is 0.335 e. The Hall–Kier alpha value is -3.17. The van der Waals surface area contributed by atoms with Crippen molar-refractivity contribution in [1.29, 1.82) is 0 Å². The fourth-order valence-electron chi connectivity index (χ4n) is 3.49. The highest BCUT2D eigenvalue weighted by atomic mass is 32.2. The largest absolute Gasteiger partial charge is 0.478 e. The highest BCUT2D eigenvalue weighted by Crippen LogP contribution is 2.30. The quantitative estimate of drug-likeness (QED) is 0.284. The molecule has 35 heavy (non-hydrogen) atoms. The topological polar surface area (TPSA) is 110 Å². The Bertz CT molecular complexity index is 1160. The molecule has 0 saturated carbocycles. The Kier molecular flexibility index (Phi) is 8.69. The molecule has 1 unspecified atom stereocenters. The molecular formula is C26H31FN4O3S. The van der Waals surface area contributed by atoms with E-state index in [-0.39, 0.29) is 18.2 Å². The molecule has 0 aliphatic rings. The van der Waals surface area contributed by atoms with Gasteiger partial charge in [0.25, 0.3) is 0 Å². The molecule has 0 saturated heterocycles. The van der Waals surface area contributed by atoms with Crippen molar-refractivity contribution in [1.82, 2.24) is 9.97 Å². The monoisotopic (exact) mass is 498 g/mol. The molecule has 2 aromatic carbocycles. The van der Waals surface area contributed by atoms with Gasteiger partial charge < -0.3 is 15.6 Å². The molecule has 0 aliphatic heterocycles. The van der Waals surface area contributed by atoms with E-state index in [0.717, 1.165) is 16.7 Å². The van der Waals surface area contributed by atoms with Crippen LogP contribution in [0.15, 0.2) is 53.4 Å². The van der Waals surface area contributed by atoms with E-state index in [1.54, 1.807) is 24.3 Å². The number of ether oxygens (including phenoxy) is 1. The number of carboxylic acids is 1. The Morgan fingerprint density at radius 3 is 2.51 bits per heavy atom. The number of nitrogens with two attached hydrogens (primary N) is 1. The van der Waals surface area contributed by atoms with E-state index in [2.05, 4.69) is 14.7 Å². The molecule has 1 atom stereocenters. The summed E-state index contributed by atoms with van der Waals surface area (Å²) in [6.45, 7) is 7.28. The van der Waals surface area contributed by atoms with Crippen molar-refractivity contribution in [3.05, 3.63) is 65.2 Å². The van der Waals surface area contributed by atoms with Crippen LogP contribution in [-0.4, -0.2) is 39.4 Å². The molecule has 0 aliphatic carbocycles. The lowest BCUT2D eigenvalue weighted by molar-refractivity contribution is 0.0696. The Balaban J connectivity index is 1.84. The van der Waals surface area contributed by atoms with Crippen LogP contribution in [-0.2, 0) is 0 Å². The van der Waals surface area contributed by atoms with E-state index in [9.17, 15) is 14.3 Å². The normalized spacial score (nSPS) is 12.3. The molecule has 9 heteroatoms. The summed E-state index contributed by atoms with van der Waals surface area (Å²) in [6, 6.07) is 14.0. The number of nitrogens with one attached hydrogen (secondary N) is 1. The number of benzene rings is 2. The third-order valence-corrected chi connectivity index (χ3v) is 6.11. The van der Waals surface area contributed by atoms with E-state index in [1.807, 2.05) is 32.0 Å². The maximum absolute atomic E-state index is 13.8. The second-order valence-electron chi connectivity index (χ2n) is 9.05. The summed E-state index contributed by atoms with van der Waals surface area (Å²) in [7, 11) is 0. The molecule has 3 aromatic rings. The number of anilines is 1. The van der Waals surface area contributed by atoms with Gasteiger partial charge in [0.1, 0.15) is 12.3 Å². The number of rotatable bonds is 11. The fourth-order valence-corrected chi connectivity index (χ4v) is 4.13. The number of aromatic nitrogens is 2. The van der Waals surface area contributed by atoms with Gasteiger partial charge in [0.15, 0.2) is 0 Å². The maximum atomic E-state index is 13.8. The van der Waals surface area contributed by atoms with Crippen molar-refractivity contribution < 1.29 is 19.0 Å². The lowest BCUT2D eigenvalue weighted by Crippen LogP contribution is -2.30. The van der Waals surface area contributed by atoms with Crippen LogP contribution in [0.5, 0.6) is 5.88 Å². The van der Waals surface area contributed by atoms with Crippen LogP contribution in [0.25, 0.3) is 11.3 Å². The van der Waals surface area contributed by atoms with Crippen LogP contribution >= 0.6 is 11.9 Å². The van der Waals surface area contributed by atoms with Crippen LogP contribution in [0.2, 0.25) is 0 Å². The molecule has 186 valence electrons. The first-order valence-corrected chi connectivity index (χ1v) is 12.1. The van der Waals surface area contributed by atoms with Crippen LogP contribution < -0.4 is 15.2 Å². The van der Waals surface area contributed by atoms with Crippen LogP contribution in [0.4, 0.5) is 10.3 Å². The summed E-state index contributed by atoms with van der Waals surface area (Å²) in [5.74, 6) is -0.344. The van der Waals surface area contributed by atoms with Crippen molar-refractivity contribution >= 4 is 23.9 Å². The SMILES string of the molecule is Cc1cccc(C)c1-c1cc(OCC(N)CCC(C)(C)F)nc(NSc2cccc(C(=O)O)c2)n1. The molecule has 0 amide bonds. The number of aryl methyl sites for hydroxylation is 2. The van der Waals surface area contributed by atoms with Crippen molar-refractivity contribution in [3.8, 4) is 17.1 Å². The van der Waals surface area contributed by atoms with Gasteiger partial charge in [-0.2, -0.15) is 4.98 Å². The summed E-state index contributed by atoms with van der Waals surface area (Å²) < 4.78 is 22.8. The molecule has 4 N–H and O–H groups in total. The lowest BCUT2D eigenvalue weighted by Gasteiger charge is -2.18. The van der Waals surface area contributed by atoms with E-state index < -0.39 is 11.6 Å². The van der Waals surface area contributed by atoms with E-state index >= 15 is 0 Å². The minimum Gasteiger partial charge on any atom is -0.478 e. The molecule has 7 nitrogen and oxygen atoms in total. The van der Waals surface area contributed by atoms with Crippen molar-refractivity contribution in [2.75, 3.05) is 11.3 Å². The minimum absolute atomic E-state index is 0.187. The van der Waals surface area contributed by atoms with Gasteiger partial charge in [0.2, 0.25) is 11.8 Å². The second-order valence-corrected chi connectivity index (χ2v) is 9.93. The highest BCUT2D eigenvalue weighted by Gasteiger charge is 2.18. The van der Waals surface area contributed by atoms with E-state index in [4.69, 9.17) is 10.5 Å². The van der Waals surface area contributed by atoms with Gasteiger partial charge >= 0.3 is 5.97 Å². The predicted octanol–water partition coefficient (Wildman–Crippen LogP) is 5.81. The number of alkyl halides is 1. The zero-order valence-electron chi connectivity index (χ0n) is 20.3. The van der Waals surface area contributed by atoms with Crippen molar-refractivity contribution in [2.24, 2.45) is 5.73 Å². The second kappa shape index (κ2) is 11.5. The van der Waals surface area contributed by atoms with Crippen LogP contribution in [0.3, 0.4) is 0 Å². The number of nitrogens with zero attached hydrogens (tertiary/aromatic N) is 2. The Labute approximate surface area is 209 Å². The first-order valence-electron chi connectivity index (χ1n) is 11.3. The average Bonchev–Trinajstić information content (AvgIpc) is 2.79. The number of hydrogen-bond acceptors (Lipinski definition) is 7. The van der Waals surface area contributed by atoms with Gasteiger partial charge in [-0.15, -0.1) is 0 Å². The molecule has 0 fully saturated rings. The van der Waals surface area contributed by atoms with Crippen molar-refractivity contribution in [2.45, 2.75) is 57.1 Å². The lowest BCUT2D eigenvalue weighted by atomic mass is 10.00. The van der Waals surface area contributed by atoms with Gasteiger partial charge in [0.05, 0.1) is 11.3 Å². The van der Waals surface area contributed by atoms with Gasteiger partial charge in [-0.25, -0.2) is 14.2 Å². The first kappa shape index (κ1) is 26.4. The summed E-state index contributed by atoms with van der Waals surface area (Å²) in [5, 5.41) is 9.23. The zero-order chi connectivity index (χ0) is 25.6. The Morgan fingerprint density at radius 1 is 1.17 bits per heavy atom. The number of hydrogen-bond donors (Lipinski definition) is 3. The predicted molar refractivity (Wildman–Crippen MR) is 138 cm³/mol. The van der Waals surface area contributed by atoms with E-state index in [1.165, 1.54) is 31.9 Å². The van der Waals surface area contributed by atoms with Gasteiger partial charge in [-0.1, -0.05) is 24.3 Å². The summed E-state index contributed by atoms with van der Waals surface area (Å²) in [5.41, 5.74) is 8.82. The Morgan fingerprint density at radius 2 is 1.86 bits per heavy atom. The van der Waals surface area contributed by atoms with Gasteiger partial charge in [0, 0.05) is 22.6 Å². The van der Waals surface area contributed by atoms with Gasteiger partial charge in [-0.3, -0.25) is 4.72 Å². The third-order valence-electron chi connectivity index (χ3n) is 5.34. The van der Waals surface area contributed by atoms with Crippen LogP contribution in [0.1, 0.15) is 48.2 Å². The number of carbonyl (C=O) groups is 1. The molecule has 0 radical (unpaired) electrons. The number of halogens is 1. The summed E-state index contributed by atoms with van der Waals surface area (Å²) in [4.78, 5) is 21.1. The smallest absolute Gasteiger partial charge is 0.335 e. The number of carboxylic acid groups (broad SMARTS) is 1. The highest BCUT2D eigenvalue weighted by molar-refractivity contribution is 8.00. The zero-order valence-corrected chi connectivity index (χ0v) is 21.2. The molecule has 0 bridgehead atoms. The average molecular weight is 499 g/mol. The van der Waals surface area contributed by atoms with Crippen LogP contribution in [0, 0.1) is 13.8 Å². The first-order chi connectivity index (χ1) is 16.5. The summed E-state index contributed by atoms with van der Waals surface area (Å²) >= 11 is 1.20. The van der Waals surface area contributed by atoms with E-state index in [0.29, 0.717) is 35.3 Å². The molecular weight excluding hydrogens is 467 g/mol. The molecule has 3 rings (SSSR count). The molecule has 0 spiro atoms. The standard InChI is InChI=1S/C26H31FN4O3S/c1-16-7-5-8-17(2)23(16)21-14-22(34-15-19(28)11-12-26(3,4)27)30-25(29-21)31-35-20-10-6-9-18(13-20)24(32)33/h5-10,13-14,19H,11-12,15,28H2,1-4H3,(H,32,33)(H,29,30,31). The number of aromatic carboxylic acids is 1. The van der Waals surface area contributed by atoms with Crippen molar-refractivity contribution in [3.63, 3.8) is 0 Å². The fraction of sp³-hybridized carbons (Fsp3) is 0.346.